The van der Waals surface area contributed by atoms with Crippen molar-refractivity contribution in [2.24, 2.45) is 0 Å². The van der Waals surface area contributed by atoms with Crippen molar-refractivity contribution in [2.45, 2.75) is 0 Å². The van der Waals surface area contributed by atoms with Crippen molar-refractivity contribution in [1.82, 2.24) is 4.57 Å². The van der Waals surface area contributed by atoms with Crippen molar-refractivity contribution in [3.63, 3.8) is 0 Å². The largest absolute Gasteiger partial charge is 0.551 e. The lowest BCUT2D eigenvalue weighted by atomic mass is 9.50. The van der Waals surface area contributed by atoms with E-state index in [0.29, 0.717) is 0 Å². The molecule has 52 heavy (non-hydrogen) atoms. The van der Waals surface area contributed by atoms with E-state index in [1.165, 1.54) is 32.9 Å². The molecule has 0 saturated heterocycles. The van der Waals surface area contributed by atoms with Crippen LogP contribution in [0.15, 0.2) is 182 Å². The molecule has 2 aliphatic rings. The predicted molar refractivity (Wildman–Crippen MR) is 215 cm³/mol. The Bertz CT molecular complexity index is 2820. The average Bonchev–Trinajstić information content (AvgIpc) is 3.55. The minimum absolute atomic E-state index is 0.293. The molecule has 3 heterocycles. The van der Waals surface area contributed by atoms with Gasteiger partial charge in [0.2, 0.25) is 0 Å². The number of para-hydroxylation sites is 2. The Morgan fingerprint density at radius 1 is 0.385 bits per heavy atom. The van der Waals surface area contributed by atoms with Gasteiger partial charge in [-0.25, -0.2) is 0 Å². The molecule has 0 radical (unpaired) electrons. The molecule has 0 spiro atoms. The van der Waals surface area contributed by atoms with Gasteiger partial charge in [-0.3, -0.25) is 0 Å². The molecule has 242 valence electrons. The zero-order valence-corrected chi connectivity index (χ0v) is 28.2. The fraction of sp³-hybridized carbons (Fsp3) is 0. The summed E-state index contributed by atoms with van der Waals surface area (Å²) in [7, 11) is 0. The highest BCUT2D eigenvalue weighted by atomic mass is 16.5. The molecular formula is C48H30BNO2. The Morgan fingerprint density at radius 3 is 1.81 bits per heavy atom. The zero-order valence-electron chi connectivity index (χ0n) is 28.2. The van der Waals surface area contributed by atoms with Crippen molar-refractivity contribution in [1.29, 1.82) is 0 Å². The Balaban J connectivity index is 1.000. The monoisotopic (exact) mass is 663 g/mol. The van der Waals surface area contributed by atoms with Crippen molar-refractivity contribution >= 4 is 39.6 Å². The van der Waals surface area contributed by atoms with Crippen LogP contribution in [-0.4, -0.2) is 11.5 Å². The summed E-state index contributed by atoms with van der Waals surface area (Å²) in [6.07, 6.45) is 0. The van der Waals surface area contributed by atoms with Crippen LogP contribution in [0.1, 0.15) is 0 Å². The van der Waals surface area contributed by atoms with Crippen LogP contribution in [0.2, 0.25) is 0 Å². The minimum Gasteiger partial charge on any atom is -0.551 e. The number of hydrogen-bond donors (Lipinski definition) is 0. The maximum atomic E-state index is 7.04. The summed E-state index contributed by atoms with van der Waals surface area (Å²) in [5.41, 5.74) is 14.8. The highest BCUT2D eigenvalue weighted by Crippen LogP contribution is 2.42. The quantitative estimate of drug-likeness (QED) is 0.175. The summed E-state index contributed by atoms with van der Waals surface area (Å²) in [6.45, 7) is -0.293. The van der Waals surface area contributed by atoms with Crippen LogP contribution >= 0.6 is 0 Å². The minimum atomic E-state index is -0.293. The Kier molecular flexibility index (Phi) is 6.35. The van der Waals surface area contributed by atoms with Gasteiger partial charge in [0.1, 0.15) is 17.2 Å². The van der Waals surface area contributed by atoms with Gasteiger partial charge in [-0.1, -0.05) is 133 Å². The van der Waals surface area contributed by atoms with Gasteiger partial charge in [-0.15, -0.1) is 0 Å². The number of benzene rings is 8. The standard InChI is InChI=1S/C48H30BNO2/c1-2-11-31(12-3-1)32-13-8-14-33(27-32)35-24-26-45-42(29-35)49-48-41(19-10-22-46(48)51-45)40-25-23-36(30-47(40)52-49)34-15-9-16-37(28-34)50-43-20-6-4-17-38(43)39-18-5-7-21-44(39)50/h1-30H. The summed E-state index contributed by atoms with van der Waals surface area (Å²) in [4.78, 5) is 0. The van der Waals surface area contributed by atoms with Crippen molar-refractivity contribution in [3.05, 3.63) is 182 Å². The van der Waals surface area contributed by atoms with Gasteiger partial charge in [0.15, 0.2) is 0 Å². The van der Waals surface area contributed by atoms with E-state index in [-0.39, 0.29) is 6.92 Å². The van der Waals surface area contributed by atoms with Crippen LogP contribution in [-0.2, 0) is 0 Å². The third-order valence-electron chi connectivity index (χ3n) is 10.7. The lowest BCUT2D eigenvalue weighted by Crippen LogP contribution is -2.53. The average molecular weight is 664 g/mol. The van der Waals surface area contributed by atoms with Gasteiger partial charge in [-0.2, -0.15) is 0 Å². The number of hydrogen-bond acceptors (Lipinski definition) is 2. The van der Waals surface area contributed by atoms with Crippen molar-refractivity contribution in [3.8, 4) is 67.4 Å². The van der Waals surface area contributed by atoms with Crippen LogP contribution < -0.4 is 20.3 Å². The van der Waals surface area contributed by atoms with E-state index in [4.69, 9.17) is 9.39 Å². The van der Waals surface area contributed by atoms with Crippen LogP contribution in [0.3, 0.4) is 0 Å². The maximum Gasteiger partial charge on any atom is 0.434 e. The summed E-state index contributed by atoms with van der Waals surface area (Å²) in [5, 5.41) is 2.51. The SMILES string of the molecule is c1ccc(-c2cccc(-c3ccc4c(c3)B3Oc5cc(-c6cccc(-n7c8ccccc8c8ccccc87)c6)ccc5-c5cccc(c53)O4)c2)cc1. The molecule has 2 aliphatic heterocycles. The van der Waals surface area contributed by atoms with Gasteiger partial charge in [-0.05, 0) is 87.5 Å². The van der Waals surface area contributed by atoms with Gasteiger partial charge in [0, 0.05) is 32.9 Å². The molecule has 0 amide bonds. The third kappa shape index (κ3) is 4.48. The Labute approximate surface area is 302 Å². The smallest absolute Gasteiger partial charge is 0.434 e. The third-order valence-corrected chi connectivity index (χ3v) is 10.7. The van der Waals surface area contributed by atoms with E-state index in [1.807, 2.05) is 0 Å². The van der Waals surface area contributed by atoms with Crippen LogP contribution in [0.25, 0.3) is 72.0 Å². The van der Waals surface area contributed by atoms with Gasteiger partial charge < -0.3 is 14.0 Å². The molecule has 8 aromatic carbocycles. The fourth-order valence-corrected chi connectivity index (χ4v) is 8.24. The molecular weight excluding hydrogens is 633 g/mol. The Morgan fingerprint density at radius 2 is 1.00 bits per heavy atom. The second-order valence-electron chi connectivity index (χ2n) is 13.6. The molecule has 0 aliphatic carbocycles. The normalized spacial score (nSPS) is 12.5. The van der Waals surface area contributed by atoms with Crippen LogP contribution in [0.5, 0.6) is 17.2 Å². The molecule has 0 saturated carbocycles. The summed E-state index contributed by atoms with van der Waals surface area (Å²) < 4.78 is 16.0. The lowest BCUT2D eigenvalue weighted by molar-refractivity contribution is 0.479. The van der Waals surface area contributed by atoms with Crippen molar-refractivity contribution in [2.75, 3.05) is 0 Å². The molecule has 11 rings (SSSR count). The molecule has 9 aromatic rings. The second kappa shape index (κ2) is 11.4. The fourth-order valence-electron chi connectivity index (χ4n) is 8.24. The van der Waals surface area contributed by atoms with E-state index in [2.05, 4.69) is 187 Å². The lowest BCUT2D eigenvalue weighted by Gasteiger charge is -2.33. The first-order chi connectivity index (χ1) is 25.8. The summed E-state index contributed by atoms with van der Waals surface area (Å²) in [6, 6.07) is 64.8. The topological polar surface area (TPSA) is 23.4 Å². The van der Waals surface area contributed by atoms with Gasteiger partial charge in [0.05, 0.1) is 11.0 Å². The molecule has 0 fully saturated rings. The number of ether oxygens (including phenoxy) is 1. The highest BCUT2D eigenvalue weighted by Gasteiger charge is 2.40. The summed E-state index contributed by atoms with van der Waals surface area (Å²) in [5.74, 6) is 2.55. The van der Waals surface area contributed by atoms with E-state index < -0.39 is 0 Å². The molecule has 0 N–H and O–H groups in total. The summed E-state index contributed by atoms with van der Waals surface area (Å²) >= 11 is 0. The highest BCUT2D eigenvalue weighted by molar-refractivity contribution is 6.84. The first-order valence-electron chi connectivity index (χ1n) is 17.8. The molecule has 0 bridgehead atoms. The number of fused-ring (bicyclic) bond motifs is 7. The molecule has 0 unspecified atom stereocenters. The van der Waals surface area contributed by atoms with Gasteiger partial charge >= 0.3 is 6.92 Å². The van der Waals surface area contributed by atoms with E-state index >= 15 is 0 Å². The van der Waals surface area contributed by atoms with Crippen molar-refractivity contribution < 1.29 is 9.39 Å². The maximum absolute atomic E-state index is 7.04. The number of rotatable bonds is 4. The molecule has 3 nitrogen and oxygen atoms in total. The van der Waals surface area contributed by atoms with E-state index in [1.54, 1.807) is 0 Å². The van der Waals surface area contributed by atoms with Gasteiger partial charge in [0.25, 0.3) is 0 Å². The van der Waals surface area contributed by atoms with Crippen LogP contribution in [0.4, 0.5) is 0 Å². The first-order valence-corrected chi connectivity index (χ1v) is 17.8. The van der Waals surface area contributed by atoms with E-state index in [0.717, 1.165) is 67.2 Å². The second-order valence-corrected chi connectivity index (χ2v) is 13.6. The van der Waals surface area contributed by atoms with E-state index in [9.17, 15) is 0 Å². The number of nitrogens with zero attached hydrogens (tertiary/aromatic N) is 1. The molecule has 4 heteroatoms. The number of aromatic nitrogens is 1. The zero-order chi connectivity index (χ0) is 34.2. The first kappa shape index (κ1) is 29.0. The predicted octanol–water partition coefficient (Wildman–Crippen LogP) is 11.1. The molecule has 1 aromatic heterocycles. The van der Waals surface area contributed by atoms with Crippen LogP contribution in [0, 0.1) is 0 Å². The molecule has 0 atom stereocenters. The Hall–Kier alpha value is -6.78.